The smallest absolute Gasteiger partial charge is 0.406 e. The summed E-state index contributed by atoms with van der Waals surface area (Å²) in [5.41, 5.74) is 0. The molecule has 1 amide bonds. The number of halogens is 4. The van der Waals surface area contributed by atoms with Crippen molar-refractivity contribution in [3.63, 3.8) is 0 Å². The van der Waals surface area contributed by atoms with Gasteiger partial charge in [0.1, 0.15) is 12.3 Å². The van der Waals surface area contributed by atoms with E-state index in [9.17, 15) is 18.0 Å². The molecule has 1 rings (SSSR count). The van der Waals surface area contributed by atoms with Crippen LogP contribution in [0.4, 0.5) is 13.2 Å². The molecule has 0 saturated carbocycles. The van der Waals surface area contributed by atoms with Gasteiger partial charge in [-0.2, -0.15) is 13.2 Å². The second kappa shape index (κ2) is 5.57. The van der Waals surface area contributed by atoms with Crippen molar-refractivity contribution in [1.82, 2.24) is 4.90 Å². The van der Waals surface area contributed by atoms with Crippen LogP contribution < -0.4 is 0 Å². The summed E-state index contributed by atoms with van der Waals surface area (Å²) >= 11 is 3.01. The number of aryl methyl sites for hydroxylation is 1. The van der Waals surface area contributed by atoms with E-state index in [-0.39, 0.29) is 17.6 Å². The maximum atomic E-state index is 12.3. The zero-order valence-electron chi connectivity index (χ0n) is 9.05. The molecule has 0 aliphatic rings. The lowest BCUT2D eigenvalue weighted by Crippen LogP contribution is -2.40. The maximum Gasteiger partial charge on any atom is 0.406 e. The van der Waals surface area contributed by atoms with Crippen molar-refractivity contribution in [3.8, 4) is 0 Å². The van der Waals surface area contributed by atoms with E-state index in [2.05, 4.69) is 15.9 Å². The number of carbonyl (C=O) groups is 1. The number of alkyl halides is 4. The third-order valence-electron chi connectivity index (χ3n) is 1.96. The van der Waals surface area contributed by atoms with Gasteiger partial charge >= 0.3 is 6.18 Å². The highest BCUT2D eigenvalue weighted by Crippen LogP contribution is 2.19. The average molecular weight is 314 g/mol. The monoisotopic (exact) mass is 313 g/mol. The van der Waals surface area contributed by atoms with Gasteiger partial charge in [-0.1, -0.05) is 15.9 Å². The molecule has 0 fully saturated rings. The molecule has 0 N–H and O–H groups in total. The van der Waals surface area contributed by atoms with Gasteiger partial charge in [-0.3, -0.25) is 4.79 Å². The summed E-state index contributed by atoms with van der Waals surface area (Å²) in [6, 6.07) is 2.91. The molecule has 3 nitrogen and oxygen atoms in total. The van der Waals surface area contributed by atoms with Gasteiger partial charge in [0.15, 0.2) is 5.76 Å². The van der Waals surface area contributed by atoms with Crippen molar-refractivity contribution in [3.05, 3.63) is 23.7 Å². The third kappa shape index (κ3) is 4.41. The van der Waals surface area contributed by atoms with Crippen molar-refractivity contribution in [2.24, 2.45) is 0 Å². The normalized spacial score (nSPS) is 11.6. The highest BCUT2D eigenvalue weighted by molar-refractivity contribution is 9.09. The Labute approximate surface area is 105 Å². The molecule has 96 valence electrons. The minimum absolute atomic E-state index is 0.0297. The SMILES string of the molecule is Cc1ccc(C(=O)N(CCBr)CC(F)(F)F)o1. The Balaban J connectivity index is 2.80. The molecule has 0 bridgehead atoms. The summed E-state index contributed by atoms with van der Waals surface area (Å²) in [5.74, 6) is -0.346. The summed E-state index contributed by atoms with van der Waals surface area (Å²) < 4.78 is 41.8. The van der Waals surface area contributed by atoms with Crippen LogP contribution in [0.15, 0.2) is 16.5 Å². The van der Waals surface area contributed by atoms with Crippen LogP contribution in [-0.2, 0) is 0 Å². The van der Waals surface area contributed by atoms with E-state index in [0.29, 0.717) is 10.7 Å². The summed E-state index contributed by atoms with van der Waals surface area (Å²) in [5, 5.41) is 0.272. The fourth-order valence-corrected chi connectivity index (χ4v) is 1.70. The van der Waals surface area contributed by atoms with Crippen molar-refractivity contribution in [1.29, 1.82) is 0 Å². The molecule has 0 aliphatic heterocycles. The Kier molecular flexibility index (Phi) is 4.62. The molecule has 0 radical (unpaired) electrons. The molecular weight excluding hydrogens is 303 g/mol. The van der Waals surface area contributed by atoms with E-state index in [1.54, 1.807) is 6.92 Å². The first-order valence-corrected chi connectivity index (χ1v) is 5.94. The predicted molar refractivity (Wildman–Crippen MR) is 59.2 cm³/mol. The van der Waals surface area contributed by atoms with Gasteiger partial charge in [-0.05, 0) is 19.1 Å². The first kappa shape index (κ1) is 14.1. The Morgan fingerprint density at radius 3 is 2.53 bits per heavy atom. The molecule has 0 aromatic carbocycles. The Bertz CT molecular complexity index is 389. The van der Waals surface area contributed by atoms with E-state index in [1.807, 2.05) is 0 Å². The van der Waals surface area contributed by atoms with E-state index in [0.717, 1.165) is 0 Å². The summed E-state index contributed by atoms with van der Waals surface area (Å²) in [4.78, 5) is 12.4. The quantitative estimate of drug-likeness (QED) is 0.801. The van der Waals surface area contributed by atoms with Gasteiger partial charge in [0.05, 0.1) is 0 Å². The lowest BCUT2D eigenvalue weighted by atomic mass is 10.3. The average Bonchev–Trinajstić information content (AvgIpc) is 2.61. The fraction of sp³-hybridized carbons (Fsp3) is 0.500. The summed E-state index contributed by atoms with van der Waals surface area (Å²) in [6.45, 7) is 0.310. The van der Waals surface area contributed by atoms with Gasteiger partial charge in [0, 0.05) is 11.9 Å². The van der Waals surface area contributed by atoms with Crippen LogP contribution in [0.3, 0.4) is 0 Å². The minimum Gasteiger partial charge on any atom is -0.456 e. The van der Waals surface area contributed by atoms with E-state index >= 15 is 0 Å². The van der Waals surface area contributed by atoms with Crippen LogP contribution in [-0.4, -0.2) is 35.4 Å². The Morgan fingerprint density at radius 1 is 1.47 bits per heavy atom. The molecule has 0 saturated heterocycles. The van der Waals surface area contributed by atoms with Gasteiger partial charge in [-0.25, -0.2) is 0 Å². The lowest BCUT2D eigenvalue weighted by Gasteiger charge is -2.21. The molecule has 0 unspecified atom stereocenters. The van der Waals surface area contributed by atoms with E-state index in [4.69, 9.17) is 4.42 Å². The molecule has 1 aromatic heterocycles. The molecule has 17 heavy (non-hydrogen) atoms. The Morgan fingerprint density at radius 2 is 2.12 bits per heavy atom. The fourth-order valence-electron chi connectivity index (χ4n) is 1.28. The molecule has 1 aromatic rings. The standard InChI is InChI=1S/C10H11BrF3NO2/c1-7-2-3-8(17-7)9(16)15(5-4-11)6-10(12,13)14/h2-3H,4-6H2,1H3. The lowest BCUT2D eigenvalue weighted by molar-refractivity contribution is -0.140. The van der Waals surface area contributed by atoms with Crippen LogP contribution in [0, 0.1) is 6.92 Å². The number of hydrogen-bond acceptors (Lipinski definition) is 2. The first-order valence-electron chi connectivity index (χ1n) is 4.82. The molecule has 1 heterocycles. The predicted octanol–water partition coefficient (Wildman–Crippen LogP) is 2.99. The number of nitrogens with zero attached hydrogens (tertiary/aromatic N) is 1. The van der Waals surface area contributed by atoms with Gasteiger partial charge in [0.25, 0.3) is 5.91 Å². The minimum atomic E-state index is -4.42. The summed E-state index contributed by atoms with van der Waals surface area (Å²) in [6.07, 6.45) is -4.42. The number of furan rings is 1. The maximum absolute atomic E-state index is 12.3. The van der Waals surface area contributed by atoms with Crippen molar-refractivity contribution >= 4 is 21.8 Å². The van der Waals surface area contributed by atoms with Crippen LogP contribution >= 0.6 is 15.9 Å². The van der Waals surface area contributed by atoms with E-state index < -0.39 is 18.6 Å². The highest BCUT2D eigenvalue weighted by Gasteiger charge is 2.33. The molecule has 0 atom stereocenters. The largest absolute Gasteiger partial charge is 0.456 e. The topological polar surface area (TPSA) is 33.5 Å². The molecule has 0 aliphatic carbocycles. The molecular formula is C10H11BrF3NO2. The van der Waals surface area contributed by atoms with Gasteiger partial charge in [-0.15, -0.1) is 0 Å². The number of carbonyl (C=O) groups excluding carboxylic acids is 1. The zero-order valence-corrected chi connectivity index (χ0v) is 10.6. The highest BCUT2D eigenvalue weighted by atomic mass is 79.9. The van der Waals surface area contributed by atoms with Gasteiger partial charge < -0.3 is 9.32 Å². The van der Waals surface area contributed by atoms with Crippen molar-refractivity contribution in [2.75, 3.05) is 18.4 Å². The second-order valence-electron chi connectivity index (χ2n) is 3.44. The molecule has 7 heteroatoms. The van der Waals surface area contributed by atoms with Gasteiger partial charge in [0.2, 0.25) is 0 Å². The summed E-state index contributed by atoms with van der Waals surface area (Å²) in [7, 11) is 0. The third-order valence-corrected chi connectivity index (χ3v) is 2.32. The zero-order chi connectivity index (χ0) is 13.1. The van der Waals surface area contributed by atoms with Crippen molar-refractivity contribution < 1.29 is 22.4 Å². The first-order chi connectivity index (χ1) is 7.83. The van der Waals surface area contributed by atoms with Crippen LogP contribution in [0.2, 0.25) is 0 Å². The van der Waals surface area contributed by atoms with E-state index in [1.165, 1.54) is 12.1 Å². The number of hydrogen-bond donors (Lipinski definition) is 0. The number of rotatable bonds is 4. The van der Waals surface area contributed by atoms with Crippen molar-refractivity contribution in [2.45, 2.75) is 13.1 Å². The number of amides is 1. The van der Waals surface area contributed by atoms with Crippen LogP contribution in [0.5, 0.6) is 0 Å². The van der Waals surface area contributed by atoms with Crippen LogP contribution in [0.25, 0.3) is 0 Å². The van der Waals surface area contributed by atoms with Crippen LogP contribution in [0.1, 0.15) is 16.3 Å². The second-order valence-corrected chi connectivity index (χ2v) is 4.23. The molecule has 0 spiro atoms. The Hall–Kier alpha value is -0.980.